The van der Waals surface area contributed by atoms with E-state index in [0.29, 0.717) is 22.1 Å². The number of amides is 1. The first-order valence-electron chi connectivity index (χ1n) is 8.70. The number of hydrogen-bond donors (Lipinski definition) is 2. The second-order valence-electron chi connectivity index (χ2n) is 6.29. The Hall–Kier alpha value is -3.03. The van der Waals surface area contributed by atoms with Gasteiger partial charge in [0.1, 0.15) is 5.75 Å². The van der Waals surface area contributed by atoms with Gasteiger partial charge in [-0.2, -0.15) is 0 Å². The lowest BCUT2D eigenvalue weighted by atomic mass is 10.2. The number of carbonyl (C=O) groups excluding carboxylic acids is 1. The molecule has 0 unspecified atom stereocenters. The van der Waals surface area contributed by atoms with Crippen molar-refractivity contribution in [3.8, 4) is 5.75 Å². The number of ether oxygens (including phenoxy) is 1. The molecule has 0 aliphatic carbocycles. The van der Waals surface area contributed by atoms with Gasteiger partial charge in [0.05, 0.1) is 10.6 Å². The van der Waals surface area contributed by atoms with Crippen LogP contribution in [0.15, 0.2) is 77.7 Å². The van der Waals surface area contributed by atoms with E-state index in [1.807, 2.05) is 19.1 Å². The number of anilines is 2. The summed E-state index contributed by atoms with van der Waals surface area (Å²) >= 11 is 5.88. The summed E-state index contributed by atoms with van der Waals surface area (Å²) in [5.41, 5.74) is 1.93. The average molecular weight is 431 g/mol. The molecule has 0 fully saturated rings. The molecule has 29 heavy (non-hydrogen) atoms. The van der Waals surface area contributed by atoms with E-state index in [4.69, 9.17) is 16.3 Å². The quantitative estimate of drug-likeness (QED) is 0.579. The molecule has 0 aliphatic rings. The maximum absolute atomic E-state index is 12.5. The Bertz CT molecular complexity index is 1100. The van der Waals surface area contributed by atoms with Crippen LogP contribution in [-0.4, -0.2) is 20.9 Å². The standard InChI is InChI=1S/C21H19ClN2O4S/c1-15-5-9-19(10-6-15)28-14-21(25)23-17-7-11-20(12-8-17)29(26,27)24-18-4-2-3-16(22)13-18/h2-13,24H,14H2,1H3,(H,23,25). The number of benzene rings is 3. The molecular weight excluding hydrogens is 412 g/mol. The van der Waals surface area contributed by atoms with Crippen LogP contribution in [0.25, 0.3) is 0 Å². The van der Waals surface area contributed by atoms with Crippen molar-refractivity contribution in [2.75, 3.05) is 16.6 Å². The Morgan fingerprint density at radius 3 is 2.31 bits per heavy atom. The molecule has 150 valence electrons. The fourth-order valence-corrected chi connectivity index (χ4v) is 3.70. The van der Waals surface area contributed by atoms with Crippen LogP contribution in [0.5, 0.6) is 5.75 Å². The molecule has 0 aromatic heterocycles. The Kier molecular flexibility index (Phi) is 6.41. The largest absolute Gasteiger partial charge is 0.484 e. The Morgan fingerprint density at radius 2 is 1.66 bits per heavy atom. The maximum atomic E-state index is 12.5. The van der Waals surface area contributed by atoms with Crippen LogP contribution in [0.2, 0.25) is 5.02 Å². The monoisotopic (exact) mass is 430 g/mol. The lowest BCUT2D eigenvalue weighted by Gasteiger charge is -2.10. The minimum absolute atomic E-state index is 0.0615. The van der Waals surface area contributed by atoms with Crippen molar-refractivity contribution in [2.45, 2.75) is 11.8 Å². The van der Waals surface area contributed by atoms with E-state index in [9.17, 15) is 13.2 Å². The Balaban J connectivity index is 1.58. The van der Waals surface area contributed by atoms with Gasteiger partial charge in [-0.25, -0.2) is 8.42 Å². The van der Waals surface area contributed by atoms with Gasteiger partial charge in [0.15, 0.2) is 6.61 Å². The zero-order chi connectivity index (χ0) is 20.9. The molecule has 0 bridgehead atoms. The molecule has 3 rings (SSSR count). The van der Waals surface area contributed by atoms with E-state index in [1.54, 1.807) is 30.3 Å². The zero-order valence-electron chi connectivity index (χ0n) is 15.6. The summed E-state index contributed by atoms with van der Waals surface area (Å²) in [4.78, 5) is 12.1. The highest BCUT2D eigenvalue weighted by molar-refractivity contribution is 7.92. The van der Waals surface area contributed by atoms with E-state index < -0.39 is 10.0 Å². The number of halogens is 1. The second-order valence-corrected chi connectivity index (χ2v) is 8.41. The number of carbonyl (C=O) groups is 1. The summed E-state index contributed by atoms with van der Waals surface area (Å²) in [5.74, 6) is 0.248. The maximum Gasteiger partial charge on any atom is 0.262 e. The molecule has 1 amide bonds. The van der Waals surface area contributed by atoms with Crippen molar-refractivity contribution in [3.63, 3.8) is 0 Å². The van der Waals surface area contributed by atoms with Crippen molar-refractivity contribution in [1.82, 2.24) is 0 Å². The highest BCUT2D eigenvalue weighted by atomic mass is 35.5. The fourth-order valence-electron chi connectivity index (χ4n) is 2.46. The van der Waals surface area contributed by atoms with Gasteiger partial charge in [0, 0.05) is 10.7 Å². The smallest absolute Gasteiger partial charge is 0.262 e. The van der Waals surface area contributed by atoms with Crippen molar-refractivity contribution >= 4 is 38.9 Å². The molecule has 2 N–H and O–H groups in total. The first kappa shape index (κ1) is 20.7. The molecule has 0 atom stereocenters. The number of nitrogens with one attached hydrogen (secondary N) is 2. The Labute approximate surface area is 174 Å². The molecule has 8 heteroatoms. The molecule has 6 nitrogen and oxygen atoms in total. The van der Waals surface area contributed by atoms with Crippen LogP contribution in [0.1, 0.15) is 5.56 Å². The lowest BCUT2D eigenvalue weighted by Crippen LogP contribution is -2.20. The zero-order valence-corrected chi connectivity index (χ0v) is 17.1. The first-order valence-corrected chi connectivity index (χ1v) is 10.6. The van der Waals surface area contributed by atoms with Gasteiger partial charge in [0.25, 0.3) is 15.9 Å². The van der Waals surface area contributed by atoms with Gasteiger partial charge in [-0.05, 0) is 61.5 Å². The third-order valence-corrected chi connectivity index (χ3v) is 5.55. The predicted octanol–water partition coefficient (Wildman–Crippen LogP) is 4.47. The van der Waals surface area contributed by atoms with E-state index in [2.05, 4.69) is 10.0 Å². The molecule has 3 aromatic carbocycles. The molecule has 0 aliphatic heterocycles. The molecule has 3 aromatic rings. The van der Waals surface area contributed by atoms with Crippen LogP contribution in [0.4, 0.5) is 11.4 Å². The summed E-state index contributed by atoms with van der Waals surface area (Å²) in [5, 5.41) is 3.09. The van der Waals surface area contributed by atoms with Crippen molar-refractivity contribution in [2.24, 2.45) is 0 Å². The van der Waals surface area contributed by atoms with E-state index in [-0.39, 0.29) is 17.4 Å². The summed E-state index contributed by atoms with van der Waals surface area (Å²) < 4.78 is 32.8. The van der Waals surface area contributed by atoms with Gasteiger partial charge in [-0.15, -0.1) is 0 Å². The minimum atomic E-state index is -3.77. The SMILES string of the molecule is Cc1ccc(OCC(=O)Nc2ccc(S(=O)(=O)Nc3cccc(Cl)c3)cc2)cc1. The Morgan fingerprint density at radius 1 is 0.966 bits per heavy atom. The normalized spacial score (nSPS) is 11.0. The summed E-state index contributed by atoms with van der Waals surface area (Å²) in [6.45, 7) is 1.81. The van der Waals surface area contributed by atoms with Gasteiger partial charge >= 0.3 is 0 Å². The molecule has 0 saturated carbocycles. The van der Waals surface area contributed by atoms with Gasteiger partial charge in [-0.3, -0.25) is 9.52 Å². The van der Waals surface area contributed by atoms with Crippen molar-refractivity contribution in [1.29, 1.82) is 0 Å². The summed E-state index contributed by atoms with van der Waals surface area (Å²) in [6.07, 6.45) is 0. The number of aryl methyl sites for hydroxylation is 1. The fraction of sp³-hybridized carbons (Fsp3) is 0.0952. The second kappa shape index (κ2) is 8.98. The van der Waals surface area contributed by atoms with E-state index in [1.165, 1.54) is 30.3 Å². The predicted molar refractivity (Wildman–Crippen MR) is 114 cm³/mol. The van der Waals surface area contributed by atoms with E-state index >= 15 is 0 Å². The van der Waals surface area contributed by atoms with Gasteiger partial charge in [0.2, 0.25) is 0 Å². The minimum Gasteiger partial charge on any atom is -0.484 e. The molecule has 0 radical (unpaired) electrons. The van der Waals surface area contributed by atoms with Crippen molar-refractivity contribution < 1.29 is 17.9 Å². The molecular formula is C21H19ClN2O4S. The summed E-state index contributed by atoms with van der Waals surface area (Å²) in [7, 11) is -3.77. The van der Waals surface area contributed by atoms with E-state index in [0.717, 1.165) is 5.56 Å². The highest BCUT2D eigenvalue weighted by Gasteiger charge is 2.14. The number of sulfonamides is 1. The van der Waals surface area contributed by atoms with Crippen LogP contribution in [-0.2, 0) is 14.8 Å². The first-order chi connectivity index (χ1) is 13.8. The molecule has 0 heterocycles. The average Bonchev–Trinajstić information content (AvgIpc) is 2.68. The number of rotatable bonds is 7. The third kappa shape index (κ3) is 5.97. The highest BCUT2D eigenvalue weighted by Crippen LogP contribution is 2.21. The van der Waals surface area contributed by atoms with Gasteiger partial charge < -0.3 is 10.1 Å². The van der Waals surface area contributed by atoms with Crippen LogP contribution < -0.4 is 14.8 Å². The van der Waals surface area contributed by atoms with Gasteiger partial charge in [-0.1, -0.05) is 35.4 Å². The molecule has 0 spiro atoms. The van der Waals surface area contributed by atoms with Crippen molar-refractivity contribution in [3.05, 3.63) is 83.4 Å². The van der Waals surface area contributed by atoms with Crippen LogP contribution >= 0.6 is 11.6 Å². The lowest BCUT2D eigenvalue weighted by molar-refractivity contribution is -0.118. The molecule has 0 saturated heterocycles. The topological polar surface area (TPSA) is 84.5 Å². The number of hydrogen-bond acceptors (Lipinski definition) is 4. The van der Waals surface area contributed by atoms with Crippen LogP contribution in [0, 0.1) is 6.92 Å². The van der Waals surface area contributed by atoms with Crippen LogP contribution in [0.3, 0.4) is 0 Å². The summed E-state index contributed by atoms with van der Waals surface area (Å²) in [6, 6.07) is 19.6. The third-order valence-electron chi connectivity index (χ3n) is 3.92.